The van der Waals surface area contributed by atoms with Crippen molar-refractivity contribution in [3.05, 3.63) is 6.42 Å². The SMILES string of the molecule is O=C1[C]C(=O)OCCN1. The summed E-state index contributed by atoms with van der Waals surface area (Å²) >= 11 is 0. The Hall–Kier alpha value is -1.06. The second kappa shape index (κ2) is 2.48. The number of carbonyl (C=O) groups is 2. The molecule has 0 unspecified atom stereocenters. The lowest BCUT2D eigenvalue weighted by Crippen LogP contribution is -2.23. The molecule has 4 nitrogen and oxygen atoms in total. The van der Waals surface area contributed by atoms with Crippen LogP contribution in [0, 0.1) is 6.42 Å². The van der Waals surface area contributed by atoms with Gasteiger partial charge in [0.1, 0.15) is 6.61 Å². The molecule has 1 N–H and O–H groups in total. The van der Waals surface area contributed by atoms with Crippen LogP contribution < -0.4 is 5.32 Å². The molecule has 1 aliphatic rings. The zero-order valence-corrected chi connectivity index (χ0v) is 4.64. The van der Waals surface area contributed by atoms with Gasteiger partial charge in [-0.2, -0.15) is 0 Å². The van der Waals surface area contributed by atoms with Crippen LogP contribution in [0.25, 0.3) is 0 Å². The van der Waals surface area contributed by atoms with Gasteiger partial charge in [-0.15, -0.1) is 0 Å². The van der Waals surface area contributed by atoms with Crippen molar-refractivity contribution in [1.82, 2.24) is 5.32 Å². The molecule has 9 heavy (non-hydrogen) atoms. The van der Waals surface area contributed by atoms with E-state index in [1.165, 1.54) is 0 Å². The molecule has 0 aromatic carbocycles. The molecule has 2 radical (unpaired) electrons. The number of cyclic esters (lactones) is 1. The van der Waals surface area contributed by atoms with E-state index < -0.39 is 11.9 Å². The van der Waals surface area contributed by atoms with Gasteiger partial charge < -0.3 is 10.1 Å². The van der Waals surface area contributed by atoms with Gasteiger partial charge in [-0.25, -0.2) is 0 Å². The van der Waals surface area contributed by atoms with Crippen molar-refractivity contribution in [2.24, 2.45) is 0 Å². The van der Waals surface area contributed by atoms with E-state index in [-0.39, 0.29) is 6.61 Å². The first kappa shape index (κ1) is 6.07. The summed E-state index contributed by atoms with van der Waals surface area (Å²) in [6.07, 6.45) is 1.93. The van der Waals surface area contributed by atoms with Gasteiger partial charge in [0.15, 0.2) is 6.42 Å². The van der Waals surface area contributed by atoms with E-state index >= 15 is 0 Å². The summed E-state index contributed by atoms with van der Waals surface area (Å²) in [5, 5.41) is 2.38. The normalized spacial score (nSPS) is 20.0. The molecule has 1 amide bonds. The Balaban J connectivity index is 2.47. The molecule has 48 valence electrons. The fourth-order valence-electron chi connectivity index (χ4n) is 0.481. The van der Waals surface area contributed by atoms with E-state index in [9.17, 15) is 9.59 Å². The quantitative estimate of drug-likeness (QED) is 0.413. The third-order valence-electron chi connectivity index (χ3n) is 0.836. The fraction of sp³-hybridized carbons (Fsp3) is 0.400. The van der Waals surface area contributed by atoms with Crippen LogP contribution in [0.3, 0.4) is 0 Å². The van der Waals surface area contributed by atoms with Crippen molar-refractivity contribution in [3.8, 4) is 0 Å². The molecule has 1 aliphatic heterocycles. The van der Waals surface area contributed by atoms with E-state index in [1.54, 1.807) is 0 Å². The van der Waals surface area contributed by atoms with Gasteiger partial charge in [-0.1, -0.05) is 0 Å². The lowest BCUT2D eigenvalue weighted by Gasteiger charge is -1.93. The number of ether oxygens (including phenoxy) is 1. The summed E-state index contributed by atoms with van der Waals surface area (Å²) in [4.78, 5) is 20.7. The Kier molecular flexibility index (Phi) is 1.67. The third-order valence-corrected chi connectivity index (χ3v) is 0.836. The number of amides is 1. The van der Waals surface area contributed by atoms with Crippen molar-refractivity contribution in [3.63, 3.8) is 0 Å². The minimum atomic E-state index is -0.690. The highest BCUT2D eigenvalue weighted by molar-refractivity contribution is 6.06. The number of nitrogens with one attached hydrogen (secondary N) is 1. The Morgan fingerprint density at radius 3 is 3.11 bits per heavy atom. The zero-order chi connectivity index (χ0) is 6.69. The molecule has 4 heteroatoms. The molecular weight excluding hydrogens is 122 g/mol. The molecule has 0 spiro atoms. The standard InChI is InChI=1S/C5H5NO3/c7-4-3-5(8)9-2-1-6-4/h1-2H2,(H,6,7). The molecule has 0 bridgehead atoms. The van der Waals surface area contributed by atoms with E-state index in [0.29, 0.717) is 6.54 Å². The lowest BCUT2D eigenvalue weighted by atomic mass is 10.4. The fourth-order valence-corrected chi connectivity index (χ4v) is 0.481. The smallest absolute Gasteiger partial charge is 0.325 e. The summed E-state index contributed by atoms with van der Waals surface area (Å²) in [6.45, 7) is 0.606. The summed E-state index contributed by atoms with van der Waals surface area (Å²) in [6, 6.07) is 0. The monoisotopic (exact) mass is 127 g/mol. The van der Waals surface area contributed by atoms with Crippen LogP contribution in [0.2, 0.25) is 0 Å². The summed E-state index contributed by atoms with van der Waals surface area (Å²) in [7, 11) is 0. The lowest BCUT2D eigenvalue weighted by molar-refractivity contribution is -0.139. The van der Waals surface area contributed by atoms with E-state index in [4.69, 9.17) is 0 Å². The first-order valence-electron chi connectivity index (χ1n) is 2.50. The van der Waals surface area contributed by atoms with Crippen LogP contribution >= 0.6 is 0 Å². The molecule has 1 heterocycles. The summed E-state index contributed by atoms with van der Waals surface area (Å²) < 4.78 is 4.44. The number of rotatable bonds is 0. The molecule has 1 fully saturated rings. The van der Waals surface area contributed by atoms with Gasteiger partial charge in [-0.05, 0) is 0 Å². The summed E-state index contributed by atoms with van der Waals surface area (Å²) in [5.41, 5.74) is 0. The largest absolute Gasteiger partial charge is 0.463 e. The highest BCUT2D eigenvalue weighted by Crippen LogP contribution is 1.88. The van der Waals surface area contributed by atoms with Crippen LogP contribution in [-0.4, -0.2) is 25.0 Å². The van der Waals surface area contributed by atoms with Gasteiger partial charge in [0, 0.05) is 0 Å². The van der Waals surface area contributed by atoms with Crippen LogP contribution in [0.4, 0.5) is 0 Å². The van der Waals surface area contributed by atoms with Crippen molar-refractivity contribution in [2.45, 2.75) is 0 Å². The van der Waals surface area contributed by atoms with Crippen molar-refractivity contribution < 1.29 is 14.3 Å². The van der Waals surface area contributed by atoms with Crippen molar-refractivity contribution in [1.29, 1.82) is 0 Å². The van der Waals surface area contributed by atoms with E-state index in [1.807, 2.05) is 6.42 Å². The molecule has 0 saturated carbocycles. The van der Waals surface area contributed by atoms with Gasteiger partial charge in [0.05, 0.1) is 6.54 Å². The zero-order valence-electron chi connectivity index (χ0n) is 4.64. The highest BCUT2D eigenvalue weighted by atomic mass is 16.5. The number of hydrogen-bond donors (Lipinski definition) is 1. The predicted octanol–water partition coefficient (Wildman–Crippen LogP) is -1.26. The van der Waals surface area contributed by atoms with Gasteiger partial charge in [-0.3, -0.25) is 9.59 Å². The Bertz CT molecular complexity index is 127. The van der Waals surface area contributed by atoms with Crippen molar-refractivity contribution >= 4 is 11.9 Å². The van der Waals surface area contributed by atoms with Gasteiger partial charge in [0.25, 0.3) is 0 Å². The van der Waals surface area contributed by atoms with E-state index in [0.717, 1.165) is 0 Å². The molecule has 0 aliphatic carbocycles. The minimum Gasteiger partial charge on any atom is -0.463 e. The van der Waals surface area contributed by atoms with E-state index in [2.05, 4.69) is 10.1 Å². The summed E-state index contributed by atoms with van der Waals surface area (Å²) in [5.74, 6) is -1.19. The predicted molar refractivity (Wildman–Crippen MR) is 27.2 cm³/mol. The first-order valence-corrected chi connectivity index (χ1v) is 2.50. The maximum Gasteiger partial charge on any atom is 0.325 e. The molecule has 0 aromatic heterocycles. The highest BCUT2D eigenvalue weighted by Gasteiger charge is 2.15. The third kappa shape index (κ3) is 1.71. The average Bonchev–Trinajstić information content (AvgIpc) is 1.93. The van der Waals surface area contributed by atoms with Crippen LogP contribution in [0.15, 0.2) is 0 Å². The molecule has 1 saturated heterocycles. The van der Waals surface area contributed by atoms with Crippen LogP contribution in [0.1, 0.15) is 0 Å². The second-order valence-corrected chi connectivity index (χ2v) is 1.52. The Morgan fingerprint density at radius 1 is 1.56 bits per heavy atom. The molecule has 0 atom stereocenters. The van der Waals surface area contributed by atoms with Gasteiger partial charge in [0.2, 0.25) is 5.91 Å². The Morgan fingerprint density at radius 2 is 2.33 bits per heavy atom. The van der Waals surface area contributed by atoms with Crippen molar-refractivity contribution in [2.75, 3.05) is 13.2 Å². The number of carbonyl (C=O) groups excluding carboxylic acids is 2. The molecular formula is C5H5NO3. The average molecular weight is 127 g/mol. The number of esters is 1. The molecule has 0 aromatic rings. The van der Waals surface area contributed by atoms with Gasteiger partial charge >= 0.3 is 5.97 Å². The molecule has 1 rings (SSSR count). The topological polar surface area (TPSA) is 55.4 Å². The minimum absolute atomic E-state index is 0.234. The second-order valence-electron chi connectivity index (χ2n) is 1.52. The maximum absolute atomic E-state index is 10.4. The maximum atomic E-state index is 10.4. The Labute approximate surface area is 52.2 Å². The van der Waals surface area contributed by atoms with Crippen LogP contribution in [-0.2, 0) is 14.3 Å². The number of hydrogen-bond acceptors (Lipinski definition) is 3. The van der Waals surface area contributed by atoms with Crippen LogP contribution in [0.5, 0.6) is 0 Å². The first-order chi connectivity index (χ1) is 4.29.